The van der Waals surface area contributed by atoms with Gasteiger partial charge in [-0.3, -0.25) is 0 Å². The fourth-order valence-electron chi connectivity index (χ4n) is 3.45. The number of piperidine rings is 1. The van der Waals surface area contributed by atoms with Gasteiger partial charge in [-0.15, -0.1) is 0 Å². The number of hydrogen-bond acceptors (Lipinski definition) is 3. The zero-order valence-corrected chi connectivity index (χ0v) is 11.3. The highest BCUT2D eigenvalue weighted by Crippen LogP contribution is 2.38. The largest absolute Gasteiger partial charge is 0.394 e. The summed E-state index contributed by atoms with van der Waals surface area (Å²) < 4.78 is 37.8. The van der Waals surface area contributed by atoms with Crippen molar-refractivity contribution >= 4 is 0 Å². The Morgan fingerprint density at radius 3 is 2.32 bits per heavy atom. The molecule has 0 radical (unpaired) electrons. The molecule has 0 aromatic heterocycles. The van der Waals surface area contributed by atoms with E-state index in [0.29, 0.717) is 19.1 Å². The zero-order valence-electron chi connectivity index (χ0n) is 11.3. The average Bonchev–Trinajstić information content (AvgIpc) is 2.83. The number of alkyl halides is 3. The van der Waals surface area contributed by atoms with Crippen molar-refractivity contribution in [3.8, 4) is 0 Å². The lowest BCUT2D eigenvalue weighted by Gasteiger charge is -2.37. The van der Waals surface area contributed by atoms with Crippen molar-refractivity contribution in [1.29, 1.82) is 0 Å². The van der Waals surface area contributed by atoms with Crippen LogP contribution in [0.1, 0.15) is 32.1 Å². The van der Waals surface area contributed by atoms with Crippen molar-refractivity contribution < 1.29 is 18.3 Å². The van der Waals surface area contributed by atoms with Gasteiger partial charge in [-0.2, -0.15) is 13.2 Å². The van der Waals surface area contributed by atoms with E-state index in [1.54, 1.807) is 0 Å². The number of aliphatic hydroxyl groups excluding tert-OH is 1. The monoisotopic (exact) mass is 280 g/mol. The number of nitrogens with one attached hydrogen (secondary N) is 1. The molecular weight excluding hydrogens is 257 g/mol. The number of hydrogen-bond donors (Lipinski definition) is 2. The van der Waals surface area contributed by atoms with Gasteiger partial charge in [0.25, 0.3) is 0 Å². The maximum atomic E-state index is 12.6. The average molecular weight is 280 g/mol. The fraction of sp³-hybridized carbons (Fsp3) is 1.00. The standard InChI is InChI=1S/C13H23F3N2O/c1-17-12(9-19)5-2-11(8-12)18-6-3-10(4-7-18)13(14,15)16/h10-11,17,19H,2-9H2,1H3. The van der Waals surface area contributed by atoms with E-state index in [1.807, 2.05) is 7.05 Å². The van der Waals surface area contributed by atoms with Crippen LogP contribution in [0.3, 0.4) is 0 Å². The van der Waals surface area contributed by atoms with Crippen LogP contribution >= 0.6 is 0 Å². The molecule has 2 unspecified atom stereocenters. The predicted molar refractivity (Wildman–Crippen MR) is 66.9 cm³/mol. The molecule has 1 aliphatic heterocycles. The van der Waals surface area contributed by atoms with E-state index in [2.05, 4.69) is 10.2 Å². The van der Waals surface area contributed by atoms with Gasteiger partial charge in [0.05, 0.1) is 12.5 Å². The summed E-state index contributed by atoms with van der Waals surface area (Å²) in [4.78, 5) is 2.18. The molecule has 1 saturated carbocycles. The highest BCUT2D eigenvalue weighted by Gasteiger charge is 2.44. The molecule has 6 heteroatoms. The van der Waals surface area contributed by atoms with Gasteiger partial charge in [-0.1, -0.05) is 0 Å². The Balaban J connectivity index is 1.86. The summed E-state index contributed by atoms with van der Waals surface area (Å²) in [6.45, 7) is 1.15. The molecular formula is C13H23F3N2O. The van der Waals surface area contributed by atoms with Gasteiger partial charge in [0, 0.05) is 11.6 Å². The molecule has 2 aliphatic rings. The maximum absolute atomic E-state index is 12.6. The summed E-state index contributed by atoms with van der Waals surface area (Å²) in [7, 11) is 1.84. The van der Waals surface area contributed by atoms with Gasteiger partial charge in [0.15, 0.2) is 0 Å². The van der Waals surface area contributed by atoms with Crippen LogP contribution in [-0.2, 0) is 0 Å². The Hall–Kier alpha value is -0.330. The topological polar surface area (TPSA) is 35.5 Å². The molecule has 2 rings (SSSR count). The minimum Gasteiger partial charge on any atom is -0.394 e. The van der Waals surface area contributed by atoms with Gasteiger partial charge in [-0.05, 0) is 52.2 Å². The lowest BCUT2D eigenvalue weighted by molar-refractivity contribution is -0.186. The third-order valence-corrected chi connectivity index (χ3v) is 4.92. The molecule has 1 aliphatic carbocycles. The first-order valence-corrected chi connectivity index (χ1v) is 7.01. The second kappa shape index (κ2) is 5.58. The van der Waals surface area contributed by atoms with Gasteiger partial charge in [-0.25, -0.2) is 0 Å². The van der Waals surface area contributed by atoms with Crippen molar-refractivity contribution in [2.24, 2.45) is 5.92 Å². The molecule has 3 nitrogen and oxygen atoms in total. The van der Waals surface area contributed by atoms with E-state index >= 15 is 0 Å². The first-order valence-electron chi connectivity index (χ1n) is 7.01. The Bertz CT molecular complexity index is 297. The first-order chi connectivity index (χ1) is 8.90. The summed E-state index contributed by atoms with van der Waals surface area (Å²) in [5, 5.41) is 12.6. The van der Waals surface area contributed by atoms with E-state index in [1.165, 1.54) is 0 Å². The van der Waals surface area contributed by atoms with Crippen molar-refractivity contribution in [2.75, 3.05) is 26.7 Å². The third-order valence-electron chi connectivity index (χ3n) is 4.92. The van der Waals surface area contributed by atoms with E-state index in [-0.39, 0.29) is 25.0 Å². The highest BCUT2D eigenvalue weighted by atomic mass is 19.4. The third kappa shape index (κ3) is 3.23. The Morgan fingerprint density at radius 2 is 1.89 bits per heavy atom. The lowest BCUT2D eigenvalue weighted by atomic mass is 9.94. The maximum Gasteiger partial charge on any atom is 0.391 e. The van der Waals surface area contributed by atoms with Crippen LogP contribution in [0, 0.1) is 5.92 Å². The van der Waals surface area contributed by atoms with E-state index in [4.69, 9.17) is 0 Å². The number of halogens is 3. The van der Waals surface area contributed by atoms with Crippen LogP contribution in [0.4, 0.5) is 13.2 Å². The first kappa shape index (κ1) is 15.1. The van der Waals surface area contributed by atoms with Crippen LogP contribution in [0.5, 0.6) is 0 Å². The molecule has 2 atom stereocenters. The summed E-state index contributed by atoms with van der Waals surface area (Å²) in [5.41, 5.74) is -0.231. The van der Waals surface area contributed by atoms with Crippen molar-refractivity contribution in [3.63, 3.8) is 0 Å². The normalized spacial score (nSPS) is 34.9. The second-order valence-electron chi connectivity index (χ2n) is 5.94. The summed E-state index contributed by atoms with van der Waals surface area (Å²) in [6, 6.07) is 0.314. The van der Waals surface area contributed by atoms with Gasteiger partial charge in [0.2, 0.25) is 0 Å². The van der Waals surface area contributed by atoms with Crippen LogP contribution in [0.15, 0.2) is 0 Å². The molecule has 0 aromatic rings. The number of aliphatic hydroxyl groups is 1. The Kier molecular flexibility index (Phi) is 4.42. The number of rotatable bonds is 3. The van der Waals surface area contributed by atoms with Crippen molar-refractivity contribution in [1.82, 2.24) is 10.2 Å². The number of nitrogens with zero attached hydrogens (tertiary/aromatic N) is 1. The van der Waals surface area contributed by atoms with Crippen molar-refractivity contribution in [3.05, 3.63) is 0 Å². The highest BCUT2D eigenvalue weighted by molar-refractivity contribution is 4.99. The molecule has 0 bridgehead atoms. The van der Waals surface area contributed by atoms with Gasteiger partial charge < -0.3 is 15.3 Å². The van der Waals surface area contributed by atoms with Crippen LogP contribution in [0.2, 0.25) is 0 Å². The minimum atomic E-state index is -4.04. The lowest BCUT2D eigenvalue weighted by Crippen LogP contribution is -2.48. The Labute approximate surface area is 112 Å². The van der Waals surface area contributed by atoms with Crippen LogP contribution in [-0.4, -0.2) is 54.5 Å². The number of likely N-dealkylation sites (tertiary alicyclic amines) is 1. The summed E-state index contributed by atoms with van der Waals surface area (Å²) >= 11 is 0. The van der Waals surface area contributed by atoms with Gasteiger partial charge >= 0.3 is 6.18 Å². The Morgan fingerprint density at radius 1 is 1.26 bits per heavy atom. The van der Waals surface area contributed by atoms with E-state index in [0.717, 1.165) is 19.3 Å². The van der Waals surface area contributed by atoms with Crippen LogP contribution in [0.25, 0.3) is 0 Å². The molecule has 0 aromatic carbocycles. The fourth-order valence-corrected chi connectivity index (χ4v) is 3.45. The van der Waals surface area contributed by atoms with E-state index in [9.17, 15) is 18.3 Å². The molecule has 112 valence electrons. The summed E-state index contributed by atoms with van der Waals surface area (Å²) in [6.07, 6.45) is -0.933. The SMILES string of the molecule is CNC1(CO)CCC(N2CCC(C(F)(F)F)CC2)C1. The zero-order chi connectivity index (χ0) is 14.1. The van der Waals surface area contributed by atoms with Gasteiger partial charge in [0.1, 0.15) is 0 Å². The number of likely N-dealkylation sites (N-methyl/N-ethyl adjacent to an activating group) is 1. The predicted octanol–water partition coefficient (Wildman–Crippen LogP) is 1.76. The molecule has 2 N–H and O–H groups in total. The molecule has 0 spiro atoms. The molecule has 0 amide bonds. The molecule has 1 saturated heterocycles. The van der Waals surface area contributed by atoms with E-state index < -0.39 is 12.1 Å². The molecule has 1 heterocycles. The van der Waals surface area contributed by atoms with Crippen molar-refractivity contribution in [2.45, 2.75) is 49.9 Å². The summed E-state index contributed by atoms with van der Waals surface area (Å²) in [5.74, 6) is -1.13. The molecule has 19 heavy (non-hydrogen) atoms. The smallest absolute Gasteiger partial charge is 0.391 e. The second-order valence-corrected chi connectivity index (χ2v) is 5.94. The minimum absolute atomic E-state index is 0.0962. The van der Waals surface area contributed by atoms with Crippen LogP contribution < -0.4 is 5.32 Å². The quantitative estimate of drug-likeness (QED) is 0.827. The molecule has 2 fully saturated rings.